The molecule has 0 aliphatic rings. The predicted molar refractivity (Wildman–Crippen MR) is 180 cm³/mol. The molecule has 4 heteroatoms. The van der Waals surface area contributed by atoms with Crippen molar-refractivity contribution in [3.63, 3.8) is 0 Å². The van der Waals surface area contributed by atoms with Crippen molar-refractivity contribution < 1.29 is 0 Å². The summed E-state index contributed by atoms with van der Waals surface area (Å²) in [6.07, 6.45) is 3.73. The number of aromatic nitrogens is 3. The first-order chi connectivity index (χ1) is 21.3. The molecule has 0 unspecified atom stereocenters. The van der Waals surface area contributed by atoms with Crippen molar-refractivity contribution in [1.29, 1.82) is 0 Å². The van der Waals surface area contributed by atoms with Crippen LogP contribution in [0.2, 0.25) is 0 Å². The van der Waals surface area contributed by atoms with E-state index in [0.717, 1.165) is 45.0 Å². The molecule has 0 radical (unpaired) electrons. The second-order valence-corrected chi connectivity index (χ2v) is 11.6. The largest absolute Gasteiger partial charge is 0.255 e. The molecule has 3 nitrogen and oxygen atoms in total. The Bertz CT molecular complexity index is 2150. The second-order valence-electron chi connectivity index (χ2n) is 10.5. The first kappa shape index (κ1) is 25.3. The van der Waals surface area contributed by atoms with Crippen LogP contribution in [-0.4, -0.2) is 15.0 Å². The van der Waals surface area contributed by atoms with Gasteiger partial charge < -0.3 is 0 Å². The van der Waals surface area contributed by atoms with Gasteiger partial charge in [0, 0.05) is 38.1 Å². The highest BCUT2D eigenvalue weighted by Gasteiger charge is 2.12. The molecule has 43 heavy (non-hydrogen) atoms. The van der Waals surface area contributed by atoms with Crippen LogP contribution in [0.25, 0.3) is 76.3 Å². The fraction of sp³-hybridized carbons (Fsp3) is 0. The lowest BCUT2D eigenvalue weighted by Gasteiger charge is -2.10. The zero-order chi connectivity index (χ0) is 28.6. The number of nitrogens with zero attached hydrogens (tertiary/aromatic N) is 3. The third kappa shape index (κ3) is 4.88. The van der Waals surface area contributed by atoms with Gasteiger partial charge in [0.25, 0.3) is 0 Å². The number of pyridine rings is 3. The number of hydrogen-bond acceptors (Lipinski definition) is 4. The van der Waals surface area contributed by atoms with Gasteiger partial charge >= 0.3 is 0 Å². The van der Waals surface area contributed by atoms with E-state index in [4.69, 9.17) is 9.97 Å². The van der Waals surface area contributed by atoms with E-state index < -0.39 is 0 Å². The zero-order valence-electron chi connectivity index (χ0n) is 23.2. The van der Waals surface area contributed by atoms with Crippen LogP contribution >= 0.6 is 11.3 Å². The SMILES string of the molecule is c1ccc(-c2cc(-c3ccccn3)nc(-c3ccc(-c4ccc(-c5ccc6sc7ccccc7c6c5)cc4)cn3)c2)cc1. The lowest BCUT2D eigenvalue weighted by molar-refractivity contribution is 1.22. The number of rotatable bonds is 5. The number of fused-ring (bicyclic) bond motifs is 3. The first-order valence-corrected chi connectivity index (χ1v) is 15.1. The monoisotopic (exact) mass is 567 g/mol. The molecule has 0 N–H and O–H groups in total. The van der Waals surface area contributed by atoms with Crippen LogP contribution in [-0.2, 0) is 0 Å². The lowest BCUT2D eigenvalue weighted by Crippen LogP contribution is -1.94. The first-order valence-electron chi connectivity index (χ1n) is 14.3. The minimum atomic E-state index is 0.820. The molecule has 0 aliphatic heterocycles. The molecular weight excluding hydrogens is 543 g/mol. The van der Waals surface area contributed by atoms with Crippen LogP contribution in [0.1, 0.15) is 0 Å². The third-order valence-corrected chi connectivity index (χ3v) is 8.97. The van der Waals surface area contributed by atoms with E-state index in [1.54, 1.807) is 6.20 Å². The molecule has 0 fully saturated rings. The van der Waals surface area contributed by atoms with E-state index in [-0.39, 0.29) is 0 Å². The van der Waals surface area contributed by atoms with Crippen molar-refractivity contribution in [3.8, 4) is 56.2 Å². The Morgan fingerprint density at radius 3 is 1.74 bits per heavy atom. The van der Waals surface area contributed by atoms with Gasteiger partial charge in [-0.05, 0) is 76.3 Å². The Balaban J connectivity index is 1.11. The average Bonchev–Trinajstić information content (AvgIpc) is 3.47. The molecular formula is C39H25N3S. The summed E-state index contributed by atoms with van der Waals surface area (Å²) in [7, 11) is 0. The summed E-state index contributed by atoms with van der Waals surface area (Å²) in [6.45, 7) is 0. The molecule has 0 saturated carbocycles. The molecule has 0 atom stereocenters. The van der Waals surface area contributed by atoms with Crippen LogP contribution < -0.4 is 0 Å². The van der Waals surface area contributed by atoms with E-state index in [1.807, 2.05) is 41.8 Å². The van der Waals surface area contributed by atoms with Gasteiger partial charge in [0.2, 0.25) is 0 Å². The average molecular weight is 568 g/mol. The maximum absolute atomic E-state index is 4.96. The molecule has 4 heterocycles. The molecule has 8 aromatic rings. The highest BCUT2D eigenvalue weighted by molar-refractivity contribution is 7.25. The smallest absolute Gasteiger partial charge is 0.0900 e. The molecule has 0 bridgehead atoms. The van der Waals surface area contributed by atoms with E-state index >= 15 is 0 Å². The maximum Gasteiger partial charge on any atom is 0.0900 e. The van der Waals surface area contributed by atoms with Gasteiger partial charge in [0.1, 0.15) is 0 Å². The minimum Gasteiger partial charge on any atom is -0.255 e. The summed E-state index contributed by atoms with van der Waals surface area (Å²) in [4.78, 5) is 14.4. The van der Waals surface area contributed by atoms with Crippen LogP contribution in [0.3, 0.4) is 0 Å². The summed E-state index contributed by atoms with van der Waals surface area (Å²) >= 11 is 1.85. The number of thiophene rings is 1. The Morgan fingerprint density at radius 1 is 0.372 bits per heavy atom. The van der Waals surface area contributed by atoms with Crippen molar-refractivity contribution in [3.05, 3.63) is 152 Å². The van der Waals surface area contributed by atoms with Crippen LogP contribution in [0, 0.1) is 0 Å². The van der Waals surface area contributed by atoms with E-state index in [0.29, 0.717) is 0 Å². The quantitative estimate of drug-likeness (QED) is 0.208. The van der Waals surface area contributed by atoms with Gasteiger partial charge in [-0.2, -0.15) is 0 Å². The van der Waals surface area contributed by atoms with Gasteiger partial charge in [-0.1, -0.05) is 91.0 Å². The molecule has 0 aliphatic carbocycles. The molecule has 4 aromatic heterocycles. The summed E-state index contributed by atoms with van der Waals surface area (Å²) in [6, 6.07) is 48.8. The van der Waals surface area contributed by atoms with Crippen molar-refractivity contribution in [2.24, 2.45) is 0 Å². The van der Waals surface area contributed by atoms with Gasteiger partial charge in [-0.15, -0.1) is 11.3 Å². The Morgan fingerprint density at radius 2 is 1.00 bits per heavy atom. The highest BCUT2D eigenvalue weighted by atomic mass is 32.1. The lowest BCUT2D eigenvalue weighted by atomic mass is 9.99. The summed E-state index contributed by atoms with van der Waals surface area (Å²) in [5.74, 6) is 0. The predicted octanol–water partition coefficient (Wildman–Crippen LogP) is 10.6. The normalized spacial score (nSPS) is 11.3. The fourth-order valence-electron chi connectivity index (χ4n) is 5.58. The van der Waals surface area contributed by atoms with E-state index in [9.17, 15) is 0 Å². The topological polar surface area (TPSA) is 38.7 Å². The van der Waals surface area contributed by atoms with Gasteiger partial charge in [-0.25, -0.2) is 4.98 Å². The highest BCUT2D eigenvalue weighted by Crippen LogP contribution is 2.37. The molecule has 0 spiro atoms. The van der Waals surface area contributed by atoms with E-state index in [1.165, 1.54) is 31.3 Å². The van der Waals surface area contributed by atoms with Crippen LogP contribution in [0.5, 0.6) is 0 Å². The molecule has 0 saturated heterocycles. The third-order valence-electron chi connectivity index (χ3n) is 7.81. The van der Waals surface area contributed by atoms with Crippen LogP contribution in [0.15, 0.2) is 152 Å². The second kappa shape index (κ2) is 10.8. The van der Waals surface area contributed by atoms with Gasteiger partial charge in [0.05, 0.1) is 22.8 Å². The van der Waals surface area contributed by atoms with Crippen molar-refractivity contribution >= 4 is 31.5 Å². The number of benzene rings is 4. The molecule has 0 amide bonds. The van der Waals surface area contributed by atoms with Crippen LogP contribution in [0.4, 0.5) is 0 Å². The minimum absolute atomic E-state index is 0.820. The Labute approximate surface area is 253 Å². The zero-order valence-corrected chi connectivity index (χ0v) is 24.0. The molecule has 202 valence electrons. The Kier molecular flexibility index (Phi) is 6.32. The molecule has 8 rings (SSSR count). The summed E-state index contributed by atoms with van der Waals surface area (Å²) < 4.78 is 2.65. The van der Waals surface area contributed by atoms with Crippen molar-refractivity contribution in [2.45, 2.75) is 0 Å². The van der Waals surface area contributed by atoms with Gasteiger partial charge in [-0.3, -0.25) is 9.97 Å². The fourth-order valence-corrected chi connectivity index (χ4v) is 6.67. The van der Waals surface area contributed by atoms with Crippen molar-refractivity contribution in [1.82, 2.24) is 15.0 Å². The Hall–Kier alpha value is -5.45. The van der Waals surface area contributed by atoms with E-state index in [2.05, 4.69) is 120 Å². The summed E-state index contributed by atoms with van der Waals surface area (Å²) in [5.41, 5.74) is 10.2. The van der Waals surface area contributed by atoms with Gasteiger partial charge in [0.15, 0.2) is 0 Å². The number of hydrogen-bond donors (Lipinski definition) is 0. The van der Waals surface area contributed by atoms with Crippen molar-refractivity contribution in [2.75, 3.05) is 0 Å². The molecule has 4 aromatic carbocycles. The maximum atomic E-state index is 4.96. The standard InChI is InChI=1S/C39H25N3S/c1-2-8-26(9-3-1)31-23-36(34-11-6-7-21-40-34)42-37(24-31)35-19-17-30(25-41-35)28-15-13-27(14-16-28)29-18-20-39-33(22-29)32-10-4-5-12-38(32)43-39/h1-25H. The summed E-state index contributed by atoms with van der Waals surface area (Å²) in [5, 5.41) is 2.64.